The summed E-state index contributed by atoms with van der Waals surface area (Å²) in [6.45, 7) is 2.00. The molecule has 0 spiro atoms. The van der Waals surface area contributed by atoms with Crippen molar-refractivity contribution in [2.24, 2.45) is 0 Å². The number of pyridine rings is 1. The standard InChI is InChI=1S/C14H14FNO/c1-10-4-2-3-5-11(10)8-14(17)13-7-6-12(15)9-16-13/h2-7,9,14,17H,8H2,1H3. The highest BCUT2D eigenvalue weighted by molar-refractivity contribution is 5.27. The Morgan fingerprint density at radius 1 is 1.24 bits per heavy atom. The van der Waals surface area contributed by atoms with Crippen molar-refractivity contribution in [1.29, 1.82) is 0 Å². The Balaban J connectivity index is 2.14. The molecular formula is C14H14FNO. The molecule has 1 atom stereocenters. The average Bonchev–Trinajstić information content (AvgIpc) is 2.33. The van der Waals surface area contributed by atoms with Crippen molar-refractivity contribution in [2.75, 3.05) is 0 Å². The van der Waals surface area contributed by atoms with Crippen LogP contribution in [0.1, 0.15) is 22.9 Å². The zero-order valence-electron chi connectivity index (χ0n) is 9.60. The van der Waals surface area contributed by atoms with Gasteiger partial charge >= 0.3 is 0 Å². The van der Waals surface area contributed by atoms with Gasteiger partial charge < -0.3 is 5.11 Å². The first kappa shape index (κ1) is 11.7. The lowest BCUT2D eigenvalue weighted by molar-refractivity contribution is 0.173. The second kappa shape index (κ2) is 5.06. The lowest BCUT2D eigenvalue weighted by Crippen LogP contribution is -2.05. The molecule has 0 saturated carbocycles. The van der Waals surface area contributed by atoms with Crippen molar-refractivity contribution in [3.05, 3.63) is 65.2 Å². The number of hydrogen-bond donors (Lipinski definition) is 1. The summed E-state index contributed by atoms with van der Waals surface area (Å²) < 4.78 is 12.7. The quantitative estimate of drug-likeness (QED) is 0.881. The van der Waals surface area contributed by atoms with Gasteiger partial charge in [-0.3, -0.25) is 4.98 Å². The fourth-order valence-corrected chi connectivity index (χ4v) is 1.74. The van der Waals surface area contributed by atoms with Crippen molar-refractivity contribution >= 4 is 0 Å². The molecule has 1 aromatic heterocycles. The first-order valence-electron chi connectivity index (χ1n) is 5.51. The van der Waals surface area contributed by atoms with Crippen LogP contribution in [0, 0.1) is 12.7 Å². The van der Waals surface area contributed by atoms with E-state index in [0.717, 1.165) is 17.3 Å². The Hall–Kier alpha value is -1.74. The van der Waals surface area contributed by atoms with Gasteiger partial charge in [0.2, 0.25) is 0 Å². The molecule has 1 heterocycles. The molecule has 1 unspecified atom stereocenters. The number of benzene rings is 1. The maximum absolute atomic E-state index is 12.7. The van der Waals surface area contributed by atoms with E-state index in [9.17, 15) is 9.50 Å². The predicted molar refractivity (Wildman–Crippen MR) is 64.0 cm³/mol. The molecule has 88 valence electrons. The van der Waals surface area contributed by atoms with Crippen LogP contribution in [0.15, 0.2) is 42.6 Å². The first-order valence-corrected chi connectivity index (χ1v) is 5.51. The summed E-state index contributed by atoms with van der Waals surface area (Å²) in [5.74, 6) is -0.392. The summed E-state index contributed by atoms with van der Waals surface area (Å²) in [6, 6.07) is 10.7. The molecule has 0 radical (unpaired) electrons. The topological polar surface area (TPSA) is 33.1 Å². The Bertz CT molecular complexity index is 496. The second-order valence-electron chi connectivity index (χ2n) is 4.05. The summed E-state index contributed by atoms with van der Waals surface area (Å²) in [5.41, 5.74) is 2.70. The summed E-state index contributed by atoms with van der Waals surface area (Å²) in [6.07, 6.45) is 0.915. The smallest absolute Gasteiger partial charge is 0.141 e. The molecule has 2 rings (SSSR count). The molecule has 3 heteroatoms. The number of aliphatic hydroxyl groups excluding tert-OH is 1. The number of nitrogens with zero attached hydrogens (tertiary/aromatic N) is 1. The number of rotatable bonds is 3. The zero-order chi connectivity index (χ0) is 12.3. The van der Waals surface area contributed by atoms with Crippen molar-refractivity contribution in [3.8, 4) is 0 Å². The summed E-state index contributed by atoms with van der Waals surface area (Å²) in [4.78, 5) is 3.88. The minimum Gasteiger partial charge on any atom is -0.386 e. The summed E-state index contributed by atoms with van der Waals surface area (Å²) in [7, 11) is 0. The van der Waals surface area contributed by atoms with Crippen LogP contribution < -0.4 is 0 Å². The van der Waals surface area contributed by atoms with Gasteiger partial charge in [0.25, 0.3) is 0 Å². The maximum Gasteiger partial charge on any atom is 0.141 e. The Labute approximate surface area is 99.8 Å². The molecule has 2 nitrogen and oxygen atoms in total. The van der Waals surface area contributed by atoms with E-state index >= 15 is 0 Å². The van der Waals surface area contributed by atoms with Gasteiger partial charge in [0.15, 0.2) is 0 Å². The van der Waals surface area contributed by atoms with Gasteiger partial charge in [-0.05, 0) is 30.2 Å². The second-order valence-corrected chi connectivity index (χ2v) is 4.05. The SMILES string of the molecule is Cc1ccccc1CC(O)c1ccc(F)cn1. The van der Waals surface area contributed by atoms with Crippen molar-refractivity contribution < 1.29 is 9.50 Å². The van der Waals surface area contributed by atoms with E-state index in [1.54, 1.807) is 0 Å². The van der Waals surface area contributed by atoms with E-state index in [0.29, 0.717) is 12.1 Å². The molecule has 0 bridgehead atoms. The number of halogens is 1. The van der Waals surface area contributed by atoms with Gasteiger partial charge in [-0.2, -0.15) is 0 Å². The molecule has 0 aliphatic rings. The molecule has 2 aromatic rings. The number of aliphatic hydroxyl groups is 1. The van der Waals surface area contributed by atoms with Crippen LogP contribution in [-0.2, 0) is 6.42 Å². The lowest BCUT2D eigenvalue weighted by atomic mass is 10.0. The highest BCUT2D eigenvalue weighted by Gasteiger charge is 2.11. The van der Waals surface area contributed by atoms with Crippen LogP contribution in [0.2, 0.25) is 0 Å². The molecule has 17 heavy (non-hydrogen) atoms. The normalized spacial score (nSPS) is 12.4. The number of aromatic nitrogens is 1. The highest BCUT2D eigenvalue weighted by atomic mass is 19.1. The molecule has 1 aromatic carbocycles. The summed E-state index contributed by atoms with van der Waals surface area (Å²) >= 11 is 0. The minimum atomic E-state index is -0.698. The van der Waals surface area contributed by atoms with E-state index in [1.165, 1.54) is 12.1 Å². The fraction of sp³-hybridized carbons (Fsp3) is 0.214. The predicted octanol–water partition coefficient (Wildman–Crippen LogP) is 2.81. The molecule has 0 amide bonds. The van der Waals surface area contributed by atoms with Crippen molar-refractivity contribution in [3.63, 3.8) is 0 Å². The van der Waals surface area contributed by atoms with E-state index < -0.39 is 11.9 Å². The van der Waals surface area contributed by atoms with Gasteiger partial charge in [0, 0.05) is 6.42 Å². The van der Waals surface area contributed by atoms with Gasteiger partial charge in [0.05, 0.1) is 18.0 Å². The van der Waals surface area contributed by atoms with Crippen LogP contribution >= 0.6 is 0 Å². The Morgan fingerprint density at radius 3 is 2.65 bits per heavy atom. The van der Waals surface area contributed by atoms with E-state index in [-0.39, 0.29) is 0 Å². The van der Waals surface area contributed by atoms with E-state index in [2.05, 4.69) is 4.98 Å². The first-order chi connectivity index (χ1) is 8.16. The molecular weight excluding hydrogens is 217 g/mol. The van der Waals surface area contributed by atoms with Crippen LogP contribution in [0.25, 0.3) is 0 Å². The van der Waals surface area contributed by atoms with E-state index in [4.69, 9.17) is 0 Å². The molecule has 1 N–H and O–H groups in total. The van der Waals surface area contributed by atoms with Crippen molar-refractivity contribution in [2.45, 2.75) is 19.4 Å². The Kier molecular flexibility index (Phi) is 3.49. The zero-order valence-corrected chi connectivity index (χ0v) is 9.60. The van der Waals surface area contributed by atoms with Crippen LogP contribution in [-0.4, -0.2) is 10.1 Å². The highest BCUT2D eigenvalue weighted by Crippen LogP contribution is 2.18. The summed E-state index contributed by atoms with van der Waals surface area (Å²) in [5, 5.41) is 10.0. The fourth-order valence-electron chi connectivity index (χ4n) is 1.74. The van der Waals surface area contributed by atoms with Gasteiger partial charge in [-0.1, -0.05) is 24.3 Å². The van der Waals surface area contributed by atoms with E-state index in [1.807, 2.05) is 31.2 Å². The van der Waals surface area contributed by atoms with Crippen LogP contribution in [0.3, 0.4) is 0 Å². The third kappa shape index (κ3) is 2.88. The average molecular weight is 231 g/mol. The monoisotopic (exact) mass is 231 g/mol. The Morgan fingerprint density at radius 2 is 2.00 bits per heavy atom. The third-order valence-electron chi connectivity index (χ3n) is 2.77. The van der Waals surface area contributed by atoms with Gasteiger partial charge in [0.1, 0.15) is 5.82 Å². The number of aryl methyl sites for hydroxylation is 1. The molecule has 0 saturated heterocycles. The molecule has 0 aliphatic heterocycles. The maximum atomic E-state index is 12.7. The van der Waals surface area contributed by atoms with Crippen LogP contribution in [0.4, 0.5) is 4.39 Å². The minimum absolute atomic E-state index is 0.392. The molecule has 0 fully saturated rings. The number of hydrogen-bond acceptors (Lipinski definition) is 2. The van der Waals surface area contributed by atoms with Crippen LogP contribution in [0.5, 0.6) is 0 Å². The molecule has 0 aliphatic carbocycles. The largest absolute Gasteiger partial charge is 0.386 e. The third-order valence-corrected chi connectivity index (χ3v) is 2.77. The van der Waals surface area contributed by atoms with Crippen molar-refractivity contribution in [1.82, 2.24) is 4.98 Å². The van der Waals surface area contributed by atoms with Gasteiger partial charge in [-0.25, -0.2) is 4.39 Å². The lowest BCUT2D eigenvalue weighted by Gasteiger charge is -2.11. The van der Waals surface area contributed by atoms with Gasteiger partial charge in [-0.15, -0.1) is 0 Å².